The van der Waals surface area contributed by atoms with Crippen LogP contribution in [0.3, 0.4) is 0 Å². The van der Waals surface area contributed by atoms with Crippen LogP contribution in [0.1, 0.15) is 24.0 Å². The number of hydrogen-bond acceptors (Lipinski definition) is 5. The molecule has 2 aromatic heterocycles. The maximum atomic E-state index is 13.3. The third-order valence-corrected chi connectivity index (χ3v) is 7.43. The van der Waals surface area contributed by atoms with Crippen LogP contribution >= 0.6 is 0 Å². The lowest BCUT2D eigenvalue weighted by Crippen LogP contribution is -2.40. The molecule has 9 heteroatoms. The molecular weight excluding hydrogens is 468 g/mol. The topological polar surface area (TPSA) is 110 Å². The summed E-state index contributed by atoms with van der Waals surface area (Å²) in [4.78, 5) is 48.3. The summed E-state index contributed by atoms with van der Waals surface area (Å²) in [5.41, 5.74) is 2.96. The Kier molecular flexibility index (Phi) is 4.69. The highest BCUT2D eigenvalue weighted by Gasteiger charge is 2.50. The number of carbonyl (C=O) groups excluding carboxylic acids is 2. The van der Waals surface area contributed by atoms with Crippen molar-refractivity contribution in [2.45, 2.75) is 37.8 Å². The first-order valence-corrected chi connectivity index (χ1v) is 12.5. The van der Waals surface area contributed by atoms with E-state index in [1.54, 1.807) is 18.3 Å². The summed E-state index contributed by atoms with van der Waals surface area (Å²) in [7, 11) is 0. The molecule has 184 valence electrons. The van der Waals surface area contributed by atoms with E-state index in [9.17, 15) is 14.4 Å². The lowest BCUT2D eigenvalue weighted by Gasteiger charge is -2.15. The molecule has 7 rings (SSSR count). The second kappa shape index (κ2) is 7.99. The zero-order valence-corrected chi connectivity index (χ0v) is 20.0. The number of pyridine rings is 1. The number of hydrogen-bond donors (Lipinski definition) is 2. The summed E-state index contributed by atoms with van der Waals surface area (Å²) in [6.45, 7) is -0.141. The van der Waals surface area contributed by atoms with Gasteiger partial charge in [-0.05, 0) is 60.4 Å². The van der Waals surface area contributed by atoms with Gasteiger partial charge in [0.2, 0.25) is 5.91 Å². The number of amides is 2. The number of amidine groups is 1. The predicted molar refractivity (Wildman–Crippen MR) is 139 cm³/mol. The minimum Gasteiger partial charge on any atom is -0.325 e. The van der Waals surface area contributed by atoms with Crippen molar-refractivity contribution in [1.29, 1.82) is 0 Å². The van der Waals surface area contributed by atoms with Crippen molar-refractivity contribution in [3.8, 4) is 5.82 Å². The fraction of sp³-hybridized carbons (Fsp3) is 0.250. The summed E-state index contributed by atoms with van der Waals surface area (Å²) in [5.74, 6) is 1.39. The molecule has 0 unspecified atom stereocenters. The van der Waals surface area contributed by atoms with E-state index in [1.165, 1.54) is 9.13 Å². The van der Waals surface area contributed by atoms with Crippen molar-refractivity contribution in [1.82, 2.24) is 19.4 Å². The first-order chi connectivity index (χ1) is 18.0. The molecule has 4 aromatic rings. The summed E-state index contributed by atoms with van der Waals surface area (Å²) in [6.07, 6.45) is 4.89. The van der Waals surface area contributed by atoms with Gasteiger partial charge in [0.15, 0.2) is 0 Å². The van der Waals surface area contributed by atoms with E-state index in [-0.39, 0.29) is 24.0 Å². The molecule has 9 nitrogen and oxygen atoms in total. The second-order valence-electron chi connectivity index (χ2n) is 10.0. The van der Waals surface area contributed by atoms with Crippen LogP contribution in [0, 0.1) is 5.92 Å². The minimum absolute atomic E-state index is 0.0279. The molecular formula is C28H24N6O3. The van der Waals surface area contributed by atoms with Crippen molar-refractivity contribution in [2.24, 2.45) is 10.9 Å². The summed E-state index contributed by atoms with van der Waals surface area (Å²) < 4.78 is 2.97. The van der Waals surface area contributed by atoms with Gasteiger partial charge >= 0.3 is 5.69 Å². The van der Waals surface area contributed by atoms with E-state index in [2.05, 4.69) is 15.6 Å². The van der Waals surface area contributed by atoms with Crippen molar-refractivity contribution in [2.75, 3.05) is 5.32 Å². The number of fused-ring (bicyclic) bond motifs is 2. The third-order valence-electron chi connectivity index (χ3n) is 7.43. The molecule has 1 spiro atoms. The Balaban J connectivity index is 1.14. The van der Waals surface area contributed by atoms with Gasteiger partial charge in [0, 0.05) is 30.6 Å². The molecule has 0 bridgehead atoms. The minimum atomic E-state index is -0.760. The van der Waals surface area contributed by atoms with E-state index in [0.29, 0.717) is 41.3 Å². The molecule has 0 saturated heterocycles. The highest BCUT2D eigenvalue weighted by Crippen LogP contribution is 2.40. The van der Waals surface area contributed by atoms with Gasteiger partial charge in [0.05, 0.1) is 11.0 Å². The van der Waals surface area contributed by atoms with Crippen molar-refractivity contribution >= 4 is 34.4 Å². The van der Waals surface area contributed by atoms with Crippen LogP contribution in [-0.2, 0) is 29.0 Å². The standard InChI is InChI=1S/C28H24N6O3/c35-24(16-33-21-5-1-2-6-22(21)34(27(33)37)23-7-3-4-12-29-23)30-20-11-10-18-14-28(15-19(18)13-20)26(36)31-25(32-28)17-8-9-17/h1-7,10-13,17H,8-9,14-16H2,(H,30,35)(H,31,32,36)/t28-/m1/s1. The number of aliphatic imine (C=N–C) groups is 1. The van der Waals surface area contributed by atoms with Gasteiger partial charge in [0.25, 0.3) is 5.91 Å². The van der Waals surface area contributed by atoms with E-state index >= 15 is 0 Å². The van der Waals surface area contributed by atoms with E-state index in [1.807, 2.05) is 48.5 Å². The molecule has 3 heterocycles. The van der Waals surface area contributed by atoms with Gasteiger partial charge in [-0.3, -0.25) is 19.1 Å². The largest absolute Gasteiger partial charge is 0.335 e. The molecule has 1 saturated carbocycles. The molecule has 2 aliphatic carbocycles. The number of nitrogens with one attached hydrogen (secondary N) is 2. The molecule has 1 fully saturated rings. The van der Waals surface area contributed by atoms with Crippen LogP contribution in [0.5, 0.6) is 0 Å². The maximum absolute atomic E-state index is 13.3. The Labute approximate surface area is 211 Å². The Morgan fingerprint density at radius 1 is 1.00 bits per heavy atom. The SMILES string of the molecule is O=C(Cn1c(=O)n(-c2ccccn2)c2ccccc21)Nc1ccc2c(c1)C[C@@]1(C2)N=C(C2CC2)NC1=O. The molecule has 2 aromatic carbocycles. The normalized spacial score (nSPS) is 20.2. The van der Waals surface area contributed by atoms with Crippen LogP contribution in [0.4, 0.5) is 5.69 Å². The molecule has 2 N–H and O–H groups in total. The molecule has 37 heavy (non-hydrogen) atoms. The smallest absolute Gasteiger partial charge is 0.325 e. The number of imidazole rings is 1. The predicted octanol–water partition coefficient (Wildman–Crippen LogP) is 2.60. The second-order valence-corrected chi connectivity index (χ2v) is 10.0. The fourth-order valence-electron chi connectivity index (χ4n) is 5.48. The average molecular weight is 493 g/mol. The van der Waals surface area contributed by atoms with Gasteiger partial charge in [-0.25, -0.2) is 14.3 Å². The van der Waals surface area contributed by atoms with Crippen molar-refractivity contribution < 1.29 is 9.59 Å². The van der Waals surface area contributed by atoms with E-state index < -0.39 is 5.54 Å². The van der Waals surface area contributed by atoms with E-state index in [0.717, 1.165) is 29.8 Å². The lowest BCUT2D eigenvalue weighted by atomic mass is 9.97. The highest BCUT2D eigenvalue weighted by atomic mass is 16.2. The van der Waals surface area contributed by atoms with Crippen LogP contribution in [0.2, 0.25) is 0 Å². The van der Waals surface area contributed by atoms with Crippen LogP contribution < -0.4 is 16.3 Å². The van der Waals surface area contributed by atoms with E-state index in [4.69, 9.17) is 4.99 Å². The van der Waals surface area contributed by atoms with Crippen LogP contribution in [0.25, 0.3) is 16.9 Å². The number of rotatable bonds is 5. The van der Waals surface area contributed by atoms with Gasteiger partial charge < -0.3 is 10.6 Å². The van der Waals surface area contributed by atoms with Crippen molar-refractivity contribution in [3.63, 3.8) is 0 Å². The monoisotopic (exact) mass is 492 g/mol. The van der Waals surface area contributed by atoms with Gasteiger partial charge in [0.1, 0.15) is 23.7 Å². The first-order valence-electron chi connectivity index (χ1n) is 12.5. The molecule has 3 aliphatic rings. The number of para-hydroxylation sites is 2. The number of benzene rings is 2. The Hall–Kier alpha value is -4.53. The molecule has 1 aliphatic heterocycles. The van der Waals surface area contributed by atoms with Gasteiger partial charge in [-0.2, -0.15) is 0 Å². The third kappa shape index (κ3) is 3.57. The summed E-state index contributed by atoms with van der Waals surface area (Å²) >= 11 is 0. The number of nitrogens with zero attached hydrogens (tertiary/aromatic N) is 4. The zero-order valence-electron chi connectivity index (χ0n) is 20.0. The highest BCUT2D eigenvalue weighted by molar-refractivity contribution is 6.10. The quantitative estimate of drug-likeness (QED) is 0.446. The lowest BCUT2D eigenvalue weighted by molar-refractivity contribution is -0.123. The Bertz CT molecular complexity index is 1680. The number of carbonyl (C=O) groups is 2. The first kappa shape index (κ1) is 21.7. The Morgan fingerprint density at radius 2 is 1.78 bits per heavy atom. The average Bonchev–Trinajstić information content (AvgIpc) is 3.55. The molecule has 0 radical (unpaired) electrons. The van der Waals surface area contributed by atoms with Gasteiger partial charge in [-0.15, -0.1) is 0 Å². The number of aromatic nitrogens is 3. The summed E-state index contributed by atoms with van der Waals surface area (Å²) in [6, 6.07) is 18.4. The van der Waals surface area contributed by atoms with Crippen LogP contribution in [0.15, 0.2) is 76.6 Å². The fourth-order valence-corrected chi connectivity index (χ4v) is 5.48. The summed E-state index contributed by atoms with van der Waals surface area (Å²) in [5, 5.41) is 5.92. The molecule has 2 amide bonds. The zero-order chi connectivity index (χ0) is 25.1. The molecule has 1 atom stereocenters. The Morgan fingerprint density at radius 3 is 2.57 bits per heavy atom. The van der Waals surface area contributed by atoms with Crippen LogP contribution in [-0.4, -0.2) is 37.3 Å². The number of anilines is 1. The maximum Gasteiger partial charge on any atom is 0.335 e. The van der Waals surface area contributed by atoms with Gasteiger partial charge in [-0.1, -0.05) is 24.3 Å². The van der Waals surface area contributed by atoms with Crippen molar-refractivity contribution in [3.05, 3.63) is 88.5 Å².